The molecular formula is C21H23N3O4S. The van der Waals surface area contributed by atoms with Gasteiger partial charge in [0.25, 0.3) is 5.91 Å². The highest BCUT2D eigenvalue weighted by atomic mass is 32.1. The van der Waals surface area contributed by atoms with Crippen LogP contribution < -0.4 is 9.64 Å². The molecular weight excluding hydrogens is 390 g/mol. The van der Waals surface area contributed by atoms with Crippen LogP contribution in [-0.4, -0.2) is 53.2 Å². The Bertz CT molecular complexity index is 873. The fraction of sp³-hybridized carbons (Fsp3) is 0.333. The second kappa shape index (κ2) is 9.47. The van der Waals surface area contributed by atoms with E-state index >= 15 is 0 Å². The van der Waals surface area contributed by atoms with Crippen LogP contribution in [0, 0.1) is 0 Å². The third kappa shape index (κ3) is 4.71. The van der Waals surface area contributed by atoms with E-state index in [-0.39, 0.29) is 18.9 Å². The first-order valence-corrected chi connectivity index (χ1v) is 9.79. The van der Waals surface area contributed by atoms with Crippen LogP contribution >= 0.6 is 12.2 Å². The van der Waals surface area contributed by atoms with Gasteiger partial charge in [-0.1, -0.05) is 12.1 Å². The number of rotatable bonds is 8. The molecule has 0 spiro atoms. The molecule has 0 aliphatic carbocycles. The van der Waals surface area contributed by atoms with Crippen LogP contribution in [0.1, 0.15) is 18.9 Å². The van der Waals surface area contributed by atoms with Crippen molar-refractivity contribution >= 4 is 34.9 Å². The second-order valence-corrected chi connectivity index (χ2v) is 6.85. The van der Waals surface area contributed by atoms with Crippen molar-refractivity contribution in [3.63, 3.8) is 0 Å². The fourth-order valence-electron chi connectivity index (χ4n) is 3.23. The van der Waals surface area contributed by atoms with Crippen molar-refractivity contribution in [2.45, 2.75) is 25.8 Å². The first-order valence-electron chi connectivity index (χ1n) is 9.38. The summed E-state index contributed by atoms with van der Waals surface area (Å²) in [4.78, 5) is 32.5. The van der Waals surface area contributed by atoms with Crippen molar-refractivity contribution in [2.24, 2.45) is 0 Å². The van der Waals surface area contributed by atoms with Gasteiger partial charge in [0.2, 0.25) is 0 Å². The number of benzene rings is 1. The van der Waals surface area contributed by atoms with Gasteiger partial charge >= 0.3 is 5.97 Å². The maximum atomic E-state index is 13.1. The van der Waals surface area contributed by atoms with Crippen molar-refractivity contribution in [3.05, 3.63) is 54.4 Å². The molecule has 8 heteroatoms. The van der Waals surface area contributed by atoms with E-state index in [1.807, 2.05) is 24.3 Å². The maximum Gasteiger partial charge on any atom is 0.308 e. The molecule has 7 nitrogen and oxygen atoms in total. The number of hydrogen-bond donors (Lipinski definition) is 0. The maximum absolute atomic E-state index is 13.1. The predicted octanol–water partition coefficient (Wildman–Crippen LogP) is 2.59. The van der Waals surface area contributed by atoms with Gasteiger partial charge in [-0.3, -0.25) is 19.5 Å². The van der Waals surface area contributed by atoms with Gasteiger partial charge in [-0.05, 0) is 55.4 Å². The molecule has 1 aliphatic rings. The van der Waals surface area contributed by atoms with E-state index in [9.17, 15) is 9.59 Å². The largest absolute Gasteiger partial charge is 0.497 e. The Labute approximate surface area is 175 Å². The summed E-state index contributed by atoms with van der Waals surface area (Å²) < 4.78 is 10.2. The molecule has 1 atom stereocenters. The summed E-state index contributed by atoms with van der Waals surface area (Å²) in [6.45, 7) is 2.50. The monoisotopic (exact) mass is 413 g/mol. The lowest BCUT2D eigenvalue weighted by Crippen LogP contribution is -2.38. The fourth-order valence-corrected chi connectivity index (χ4v) is 3.64. The summed E-state index contributed by atoms with van der Waals surface area (Å²) in [5.41, 5.74) is 1.67. The number of carbonyl (C=O) groups is 2. The lowest BCUT2D eigenvalue weighted by molar-refractivity contribution is -0.145. The molecule has 1 fully saturated rings. The van der Waals surface area contributed by atoms with Gasteiger partial charge in [-0.15, -0.1) is 0 Å². The lowest BCUT2D eigenvalue weighted by atomic mass is 10.1. The summed E-state index contributed by atoms with van der Waals surface area (Å²) in [7, 11) is 1.62. The number of methoxy groups -OCH3 is 1. The molecule has 0 saturated carbocycles. The molecule has 0 radical (unpaired) electrons. The Morgan fingerprint density at radius 1 is 1.24 bits per heavy atom. The minimum Gasteiger partial charge on any atom is -0.497 e. The summed E-state index contributed by atoms with van der Waals surface area (Å²) >= 11 is 5.60. The predicted molar refractivity (Wildman–Crippen MR) is 113 cm³/mol. The quantitative estimate of drug-likeness (QED) is 0.487. The minimum absolute atomic E-state index is 0.0494. The molecule has 2 aromatic rings. The van der Waals surface area contributed by atoms with Crippen LogP contribution in [0.4, 0.5) is 5.69 Å². The summed E-state index contributed by atoms with van der Waals surface area (Å²) in [6, 6.07) is 10.5. The topological polar surface area (TPSA) is 72.0 Å². The van der Waals surface area contributed by atoms with Crippen LogP contribution in [0.3, 0.4) is 0 Å². The highest BCUT2D eigenvalue weighted by Gasteiger charge is 2.44. The molecule has 1 amide bonds. The minimum atomic E-state index is -0.694. The number of ether oxygens (including phenoxy) is 2. The molecule has 0 N–H and O–H groups in total. The Morgan fingerprint density at radius 2 is 2.00 bits per heavy atom. The zero-order valence-electron chi connectivity index (χ0n) is 16.4. The molecule has 0 bridgehead atoms. The summed E-state index contributed by atoms with van der Waals surface area (Å²) in [5.74, 6) is 0.116. The third-order valence-corrected chi connectivity index (χ3v) is 5.11. The highest BCUT2D eigenvalue weighted by molar-refractivity contribution is 7.80. The number of amides is 1. The SMILES string of the molecule is CCOC(=O)CC1C(=O)N(c2cccnc2)C(=S)N1CCc1ccc(OC)cc1. The van der Waals surface area contributed by atoms with Crippen LogP contribution in [0.2, 0.25) is 0 Å². The van der Waals surface area contributed by atoms with Crippen LogP contribution in [-0.2, 0) is 20.7 Å². The van der Waals surface area contributed by atoms with Gasteiger partial charge in [0.05, 0.1) is 32.0 Å². The zero-order valence-corrected chi connectivity index (χ0v) is 17.2. The molecule has 29 heavy (non-hydrogen) atoms. The van der Waals surface area contributed by atoms with Crippen molar-refractivity contribution < 1.29 is 19.1 Å². The lowest BCUT2D eigenvalue weighted by Gasteiger charge is -2.23. The Balaban J connectivity index is 1.80. The second-order valence-electron chi connectivity index (χ2n) is 6.48. The van der Waals surface area contributed by atoms with Crippen molar-refractivity contribution in [1.29, 1.82) is 0 Å². The average molecular weight is 413 g/mol. The van der Waals surface area contributed by atoms with Crippen LogP contribution in [0.15, 0.2) is 48.8 Å². The number of thiocarbonyl (C=S) groups is 1. The zero-order chi connectivity index (χ0) is 20.8. The van der Waals surface area contributed by atoms with Crippen LogP contribution in [0.5, 0.6) is 5.75 Å². The number of anilines is 1. The number of nitrogens with zero attached hydrogens (tertiary/aromatic N) is 3. The molecule has 1 unspecified atom stereocenters. The van der Waals surface area contributed by atoms with E-state index in [0.29, 0.717) is 23.8 Å². The van der Waals surface area contributed by atoms with Crippen molar-refractivity contribution in [1.82, 2.24) is 9.88 Å². The smallest absolute Gasteiger partial charge is 0.308 e. The third-order valence-electron chi connectivity index (χ3n) is 4.69. The number of hydrogen-bond acceptors (Lipinski definition) is 6. The van der Waals surface area contributed by atoms with Gasteiger partial charge < -0.3 is 14.4 Å². The molecule has 152 valence electrons. The first kappa shape index (κ1) is 20.7. The van der Waals surface area contributed by atoms with Gasteiger partial charge in [0, 0.05) is 12.7 Å². The first-order chi connectivity index (χ1) is 14.0. The summed E-state index contributed by atoms with van der Waals surface area (Å²) in [6.07, 6.45) is 3.83. The van der Waals surface area contributed by atoms with E-state index in [1.165, 1.54) is 4.90 Å². The van der Waals surface area contributed by atoms with Gasteiger partial charge in [0.1, 0.15) is 11.8 Å². The number of pyridine rings is 1. The average Bonchev–Trinajstić information content (AvgIpc) is 2.97. The number of carbonyl (C=O) groups excluding carboxylic acids is 2. The number of esters is 1. The molecule has 3 rings (SSSR count). The van der Waals surface area contributed by atoms with E-state index in [4.69, 9.17) is 21.7 Å². The van der Waals surface area contributed by atoms with Crippen molar-refractivity contribution in [3.8, 4) is 5.75 Å². The van der Waals surface area contributed by atoms with E-state index in [2.05, 4.69) is 4.98 Å². The van der Waals surface area contributed by atoms with Crippen LogP contribution in [0.25, 0.3) is 0 Å². The highest BCUT2D eigenvalue weighted by Crippen LogP contribution is 2.27. The van der Waals surface area contributed by atoms with E-state index < -0.39 is 12.0 Å². The molecule has 1 aromatic carbocycles. The normalized spacial score (nSPS) is 16.3. The Hall–Kier alpha value is -3.00. The number of aromatic nitrogens is 1. The molecule has 1 saturated heterocycles. The Kier molecular flexibility index (Phi) is 6.77. The molecule has 1 aliphatic heterocycles. The van der Waals surface area contributed by atoms with Gasteiger partial charge in [-0.2, -0.15) is 0 Å². The van der Waals surface area contributed by atoms with E-state index in [0.717, 1.165) is 11.3 Å². The van der Waals surface area contributed by atoms with E-state index in [1.54, 1.807) is 43.5 Å². The molecule has 1 aromatic heterocycles. The van der Waals surface area contributed by atoms with Gasteiger partial charge in [-0.25, -0.2) is 0 Å². The molecule has 2 heterocycles. The standard InChI is InChI=1S/C21H23N3O4S/c1-3-28-19(25)13-18-20(26)24(16-5-4-11-22-14-16)21(29)23(18)12-10-15-6-8-17(27-2)9-7-15/h4-9,11,14,18H,3,10,12-13H2,1-2H3. The Morgan fingerprint density at radius 3 is 2.62 bits per heavy atom. The van der Waals surface area contributed by atoms with Gasteiger partial charge in [0.15, 0.2) is 5.11 Å². The summed E-state index contributed by atoms with van der Waals surface area (Å²) in [5, 5.41) is 0.366. The van der Waals surface area contributed by atoms with Crippen molar-refractivity contribution in [2.75, 3.05) is 25.2 Å².